The van der Waals surface area contributed by atoms with Crippen molar-refractivity contribution in [2.75, 3.05) is 0 Å². The molecule has 0 fully saturated rings. The van der Waals surface area contributed by atoms with Crippen molar-refractivity contribution in [3.8, 4) is 0 Å². The molecule has 2 nitrogen and oxygen atoms in total. The maximum Gasteiger partial charge on any atom is 0.328 e. The van der Waals surface area contributed by atoms with Gasteiger partial charge in [-0.1, -0.05) is 0 Å². The second-order valence-electron chi connectivity index (χ2n) is 2.18. The first-order chi connectivity index (χ1) is 5.17. The van der Waals surface area contributed by atoms with Crippen LogP contribution in [-0.4, -0.2) is 22.9 Å². The van der Waals surface area contributed by atoms with Gasteiger partial charge >= 0.3 is 17.8 Å². The van der Waals surface area contributed by atoms with E-state index in [2.05, 4.69) is 0 Å². The number of halogens is 4. The van der Waals surface area contributed by atoms with Crippen molar-refractivity contribution in [2.24, 2.45) is 0 Å². The van der Waals surface area contributed by atoms with E-state index in [4.69, 9.17) is 5.11 Å². The molecule has 0 aliphatic carbocycles. The van der Waals surface area contributed by atoms with E-state index in [1.54, 1.807) is 0 Å². The van der Waals surface area contributed by atoms with Crippen molar-refractivity contribution in [1.29, 1.82) is 0 Å². The zero-order valence-corrected chi connectivity index (χ0v) is 6.02. The summed E-state index contributed by atoms with van der Waals surface area (Å²) >= 11 is 0. The van der Waals surface area contributed by atoms with Gasteiger partial charge in [-0.3, -0.25) is 0 Å². The molecule has 0 rings (SSSR count). The SMILES string of the molecule is CC(F)(F)C(F)(F)C=CC(=O)O. The van der Waals surface area contributed by atoms with Crippen molar-refractivity contribution in [1.82, 2.24) is 0 Å². The summed E-state index contributed by atoms with van der Waals surface area (Å²) in [6.45, 7) is 0.0131. The number of alkyl halides is 4. The van der Waals surface area contributed by atoms with Crippen molar-refractivity contribution in [3.05, 3.63) is 12.2 Å². The predicted molar refractivity (Wildman–Crippen MR) is 32.3 cm³/mol. The molecule has 0 aliphatic rings. The quantitative estimate of drug-likeness (QED) is 0.540. The Morgan fingerprint density at radius 2 is 1.75 bits per heavy atom. The van der Waals surface area contributed by atoms with Gasteiger partial charge in [0, 0.05) is 13.0 Å². The average molecular weight is 186 g/mol. The predicted octanol–water partition coefficient (Wildman–Crippen LogP) is 1.92. The average Bonchev–Trinajstić information content (AvgIpc) is 1.81. The van der Waals surface area contributed by atoms with Crippen molar-refractivity contribution in [2.45, 2.75) is 18.8 Å². The fraction of sp³-hybridized carbons (Fsp3) is 0.500. The molecule has 0 aromatic carbocycles. The van der Waals surface area contributed by atoms with E-state index in [-0.39, 0.29) is 19.1 Å². The van der Waals surface area contributed by atoms with Gasteiger partial charge in [0.05, 0.1) is 0 Å². The molecule has 6 heteroatoms. The van der Waals surface area contributed by atoms with E-state index < -0.39 is 17.8 Å². The van der Waals surface area contributed by atoms with Crippen LogP contribution in [0.5, 0.6) is 0 Å². The second kappa shape index (κ2) is 3.12. The molecule has 0 aliphatic heterocycles. The monoisotopic (exact) mass is 186 g/mol. The third kappa shape index (κ3) is 2.89. The molecule has 0 saturated carbocycles. The summed E-state index contributed by atoms with van der Waals surface area (Å²) in [5, 5.41) is 7.88. The van der Waals surface area contributed by atoms with Crippen LogP contribution in [0.4, 0.5) is 17.6 Å². The van der Waals surface area contributed by atoms with Gasteiger partial charge in [-0.05, 0) is 6.08 Å². The van der Waals surface area contributed by atoms with Gasteiger partial charge in [-0.25, -0.2) is 4.79 Å². The molecule has 0 heterocycles. The highest BCUT2D eigenvalue weighted by Crippen LogP contribution is 2.34. The lowest BCUT2D eigenvalue weighted by Gasteiger charge is -2.18. The minimum absolute atomic E-state index is 0.0131. The van der Waals surface area contributed by atoms with Gasteiger partial charge in [0.25, 0.3) is 0 Å². The Hall–Kier alpha value is -1.07. The Morgan fingerprint density at radius 3 is 2.00 bits per heavy atom. The van der Waals surface area contributed by atoms with E-state index in [1.165, 1.54) is 0 Å². The lowest BCUT2D eigenvalue weighted by molar-refractivity contribution is -0.167. The Bertz CT molecular complexity index is 204. The molecule has 0 bridgehead atoms. The number of carboxylic acid groups (broad SMARTS) is 1. The highest BCUT2D eigenvalue weighted by Gasteiger charge is 2.49. The van der Waals surface area contributed by atoms with Gasteiger partial charge in [0.1, 0.15) is 0 Å². The van der Waals surface area contributed by atoms with Crippen LogP contribution in [0.3, 0.4) is 0 Å². The maximum absolute atomic E-state index is 12.2. The minimum Gasteiger partial charge on any atom is -0.478 e. The first-order valence-electron chi connectivity index (χ1n) is 2.84. The second-order valence-corrected chi connectivity index (χ2v) is 2.18. The molecular weight excluding hydrogens is 180 g/mol. The molecule has 0 spiro atoms. The number of allylic oxidation sites excluding steroid dienone is 1. The smallest absolute Gasteiger partial charge is 0.328 e. The van der Waals surface area contributed by atoms with Gasteiger partial charge in [0.2, 0.25) is 0 Å². The highest BCUT2D eigenvalue weighted by molar-refractivity contribution is 5.79. The molecule has 0 radical (unpaired) electrons. The van der Waals surface area contributed by atoms with E-state index in [0.29, 0.717) is 0 Å². The third-order valence-electron chi connectivity index (χ3n) is 1.02. The van der Waals surface area contributed by atoms with E-state index in [9.17, 15) is 22.4 Å². The van der Waals surface area contributed by atoms with Crippen molar-refractivity contribution in [3.63, 3.8) is 0 Å². The maximum atomic E-state index is 12.2. The summed E-state index contributed by atoms with van der Waals surface area (Å²) in [6.07, 6.45) is -0.354. The topological polar surface area (TPSA) is 37.3 Å². The summed E-state index contributed by atoms with van der Waals surface area (Å²) in [5.41, 5.74) is 0. The zero-order chi connectivity index (χ0) is 9.99. The van der Waals surface area contributed by atoms with Crippen molar-refractivity contribution >= 4 is 5.97 Å². The normalized spacial score (nSPS) is 13.8. The fourth-order valence-electron chi connectivity index (χ4n) is 0.322. The summed E-state index contributed by atoms with van der Waals surface area (Å²) < 4.78 is 48.3. The standard InChI is InChI=1S/C6H6F4O2/c1-5(7,8)6(9,10)3-2-4(11)12/h2-3H,1H3,(H,11,12). The Labute approximate surface area is 65.5 Å². The molecule has 12 heavy (non-hydrogen) atoms. The zero-order valence-electron chi connectivity index (χ0n) is 6.02. The lowest BCUT2D eigenvalue weighted by Crippen LogP contribution is -2.35. The number of rotatable bonds is 3. The van der Waals surface area contributed by atoms with Crippen LogP contribution in [0.15, 0.2) is 12.2 Å². The van der Waals surface area contributed by atoms with Gasteiger partial charge in [-0.2, -0.15) is 17.6 Å². The summed E-state index contributed by atoms with van der Waals surface area (Å²) in [6, 6.07) is 0. The highest BCUT2D eigenvalue weighted by atomic mass is 19.3. The Kier molecular flexibility index (Phi) is 2.84. The van der Waals surface area contributed by atoms with Crippen LogP contribution in [-0.2, 0) is 4.79 Å². The molecule has 0 aromatic rings. The van der Waals surface area contributed by atoms with Crippen LogP contribution in [0.2, 0.25) is 0 Å². The van der Waals surface area contributed by atoms with Crippen LogP contribution in [0.25, 0.3) is 0 Å². The summed E-state index contributed by atoms with van der Waals surface area (Å²) in [7, 11) is 0. The molecular formula is C6H6F4O2. The van der Waals surface area contributed by atoms with Gasteiger partial charge < -0.3 is 5.11 Å². The number of carboxylic acids is 1. The third-order valence-corrected chi connectivity index (χ3v) is 1.02. The molecule has 0 unspecified atom stereocenters. The summed E-state index contributed by atoms with van der Waals surface area (Å²) in [4.78, 5) is 9.71. The fourth-order valence-corrected chi connectivity index (χ4v) is 0.322. The molecule has 0 saturated heterocycles. The largest absolute Gasteiger partial charge is 0.478 e. The van der Waals surface area contributed by atoms with Gasteiger partial charge in [0.15, 0.2) is 0 Å². The lowest BCUT2D eigenvalue weighted by atomic mass is 10.2. The molecule has 70 valence electrons. The molecule has 0 aromatic heterocycles. The summed E-state index contributed by atoms with van der Waals surface area (Å²) in [5.74, 6) is -10.4. The van der Waals surface area contributed by atoms with E-state index in [0.717, 1.165) is 0 Å². The van der Waals surface area contributed by atoms with Crippen LogP contribution < -0.4 is 0 Å². The van der Waals surface area contributed by atoms with Crippen LogP contribution in [0, 0.1) is 0 Å². The molecule has 0 atom stereocenters. The molecule has 0 amide bonds. The number of carbonyl (C=O) groups is 1. The number of aliphatic carboxylic acids is 1. The first-order valence-corrected chi connectivity index (χ1v) is 2.84. The van der Waals surface area contributed by atoms with Crippen LogP contribution >= 0.6 is 0 Å². The van der Waals surface area contributed by atoms with Crippen molar-refractivity contribution < 1.29 is 27.5 Å². The molecule has 1 N–H and O–H groups in total. The first kappa shape index (κ1) is 10.9. The van der Waals surface area contributed by atoms with E-state index >= 15 is 0 Å². The van der Waals surface area contributed by atoms with Crippen LogP contribution in [0.1, 0.15) is 6.92 Å². The number of hydrogen-bond acceptors (Lipinski definition) is 1. The Balaban J connectivity index is 4.54. The minimum atomic E-state index is -4.43. The van der Waals surface area contributed by atoms with Gasteiger partial charge in [-0.15, -0.1) is 0 Å². The Morgan fingerprint density at radius 1 is 1.33 bits per heavy atom. The van der Waals surface area contributed by atoms with E-state index in [1.807, 2.05) is 0 Å². The number of hydrogen-bond donors (Lipinski definition) is 1.